The van der Waals surface area contributed by atoms with Crippen molar-refractivity contribution in [2.24, 2.45) is 0 Å². The smallest absolute Gasteiger partial charge is 0.228 e. The number of rotatable bonds is 10. The highest BCUT2D eigenvalue weighted by molar-refractivity contribution is 6.00. The van der Waals surface area contributed by atoms with Crippen molar-refractivity contribution in [3.63, 3.8) is 0 Å². The van der Waals surface area contributed by atoms with Crippen molar-refractivity contribution in [3.8, 4) is 33.4 Å². The van der Waals surface area contributed by atoms with Crippen molar-refractivity contribution < 1.29 is 9.59 Å². The minimum atomic E-state index is -0.0408. The minimum Gasteiger partial charge on any atom is -0.311 e. The van der Waals surface area contributed by atoms with E-state index in [0.29, 0.717) is 0 Å². The number of carbonyl (C=O) groups excluding carboxylic acids is 2. The summed E-state index contributed by atoms with van der Waals surface area (Å²) >= 11 is 0. The van der Waals surface area contributed by atoms with Crippen LogP contribution in [0.4, 0.5) is 39.8 Å². The van der Waals surface area contributed by atoms with E-state index in [1.54, 1.807) is 23.6 Å². The molecule has 0 atom stereocenters. The zero-order valence-corrected chi connectivity index (χ0v) is 31.9. The van der Waals surface area contributed by atoms with Crippen LogP contribution in [0, 0.1) is 0 Å². The first-order valence-electron chi connectivity index (χ1n) is 19.0. The maximum Gasteiger partial charge on any atom is 0.228 e. The monoisotopic (exact) mass is 739 g/mol. The van der Waals surface area contributed by atoms with Crippen LogP contribution in [0.5, 0.6) is 0 Å². The van der Waals surface area contributed by atoms with Gasteiger partial charge in [-0.05, 0) is 118 Å². The van der Waals surface area contributed by atoms with E-state index in [4.69, 9.17) is 0 Å². The molecule has 0 aliphatic carbocycles. The van der Waals surface area contributed by atoms with Crippen LogP contribution in [-0.4, -0.2) is 11.8 Å². The van der Waals surface area contributed by atoms with Crippen LogP contribution in [0.1, 0.15) is 13.8 Å². The van der Waals surface area contributed by atoms with E-state index in [1.165, 1.54) is 5.56 Å². The Hall–Kier alpha value is -7.50. The summed E-state index contributed by atoms with van der Waals surface area (Å²) in [5.41, 5.74) is 13.0. The standard InChI is InChI=1S/C52H41N3O2/c1-38(56)53(46-14-8-4-9-15-46)48-28-18-42(19-29-48)44-24-34-51(35-25-44)55(50-32-22-41(23-33-50)40-12-6-3-7-13-40)52-36-26-45(27-37-52)43-20-30-49(31-21-43)54(39(2)57)47-16-10-5-11-17-47/h3-37H,1-2H3. The van der Waals surface area contributed by atoms with Gasteiger partial charge in [0.2, 0.25) is 11.8 Å². The lowest BCUT2D eigenvalue weighted by Gasteiger charge is -2.26. The van der Waals surface area contributed by atoms with E-state index < -0.39 is 0 Å². The van der Waals surface area contributed by atoms with Crippen LogP contribution in [0.3, 0.4) is 0 Å². The molecule has 8 rings (SSSR count). The fourth-order valence-corrected chi connectivity index (χ4v) is 7.27. The van der Waals surface area contributed by atoms with Crippen molar-refractivity contribution in [1.29, 1.82) is 0 Å². The van der Waals surface area contributed by atoms with Crippen molar-refractivity contribution >= 4 is 51.6 Å². The first kappa shape index (κ1) is 36.5. The molecule has 0 radical (unpaired) electrons. The van der Waals surface area contributed by atoms with Gasteiger partial charge in [-0.3, -0.25) is 19.4 Å². The molecular formula is C52H41N3O2. The molecule has 0 aromatic heterocycles. The lowest BCUT2D eigenvalue weighted by Crippen LogP contribution is -2.22. The molecule has 0 spiro atoms. The molecule has 0 aliphatic rings. The number of nitrogens with zero attached hydrogens (tertiary/aromatic N) is 3. The van der Waals surface area contributed by atoms with E-state index in [-0.39, 0.29) is 11.8 Å². The molecular weight excluding hydrogens is 699 g/mol. The highest BCUT2D eigenvalue weighted by Gasteiger charge is 2.17. The maximum absolute atomic E-state index is 12.6. The third kappa shape index (κ3) is 8.00. The van der Waals surface area contributed by atoms with Gasteiger partial charge in [0.25, 0.3) is 0 Å². The Morgan fingerprint density at radius 1 is 0.263 bits per heavy atom. The van der Waals surface area contributed by atoms with Crippen molar-refractivity contribution in [3.05, 3.63) is 212 Å². The Kier molecular flexibility index (Phi) is 10.5. The second-order valence-corrected chi connectivity index (χ2v) is 13.8. The molecule has 57 heavy (non-hydrogen) atoms. The molecule has 276 valence electrons. The van der Waals surface area contributed by atoms with Gasteiger partial charge in [-0.1, -0.05) is 127 Å². The van der Waals surface area contributed by atoms with Gasteiger partial charge in [-0.15, -0.1) is 0 Å². The van der Waals surface area contributed by atoms with Gasteiger partial charge in [-0.2, -0.15) is 0 Å². The Morgan fingerprint density at radius 2 is 0.474 bits per heavy atom. The molecule has 0 saturated carbocycles. The van der Waals surface area contributed by atoms with Gasteiger partial charge in [0.1, 0.15) is 0 Å². The van der Waals surface area contributed by atoms with Crippen LogP contribution in [0.2, 0.25) is 0 Å². The number of para-hydroxylation sites is 2. The normalized spacial score (nSPS) is 10.8. The Labute approximate surface area is 334 Å². The van der Waals surface area contributed by atoms with E-state index in [0.717, 1.165) is 67.6 Å². The SMILES string of the molecule is CC(=O)N(c1ccccc1)c1ccc(-c2ccc(N(c3ccc(-c4ccccc4)cc3)c3ccc(-c4ccc(N(C(C)=O)c5ccccc5)cc4)cc3)cc2)cc1. The Bertz CT molecular complexity index is 2430. The summed E-state index contributed by atoms with van der Waals surface area (Å²) in [5, 5.41) is 0. The number of hydrogen-bond donors (Lipinski definition) is 0. The Balaban J connectivity index is 1.08. The largest absolute Gasteiger partial charge is 0.311 e. The fourth-order valence-electron chi connectivity index (χ4n) is 7.27. The second kappa shape index (κ2) is 16.5. The molecule has 0 fully saturated rings. The third-order valence-electron chi connectivity index (χ3n) is 10.1. The highest BCUT2D eigenvalue weighted by Crippen LogP contribution is 2.38. The van der Waals surface area contributed by atoms with Gasteiger partial charge in [0.15, 0.2) is 0 Å². The van der Waals surface area contributed by atoms with Crippen molar-refractivity contribution in [2.45, 2.75) is 13.8 Å². The molecule has 0 bridgehead atoms. The lowest BCUT2D eigenvalue weighted by atomic mass is 10.0. The summed E-state index contributed by atoms with van der Waals surface area (Å²) in [6.07, 6.45) is 0. The molecule has 2 amide bonds. The highest BCUT2D eigenvalue weighted by atomic mass is 16.2. The zero-order valence-electron chi connectivity index (χ0n) is 31.9. The predicted octanol–water partition coefficient (Wildman–Crippen LogP) is 13.5. The summed E-state index contributed by atoms with van der Waals surface area (Å²) in [6, 6.07) is 71.9. The average Bonchev–Trinajstić information content (AvgIpc) is 3.26. The van der Waals surface area contributed by atoms with Gasteiger partial charge < -0.3 is 4.90 Å². The van der Waals surface area contributed by atoms with Crippen LogP contribution in [0.15, 0.2) is 212 Å². The summed E-state index contributed by atoms with van der Waals surface area (Å²) < 4.78 is 0. The second-order valence-electron chi connectivity index (χ2n) is 13.8. The maximum atomic E-state index is 12.6. The van der Waals surface area contributed by atoms with Gasteiger partial charge in [0, 0.05) is 53.7 Å². The molecule has 8 aromatic rings. The first-order valence-corrected chi connectivity index (χ1v) is 19.0. The third-order valence-corrected chi connectivity index (χ3v) is 10.1. The quantitative estimate of drug-likeness (QED) is 0.140. The van der Waals surface area contributed by atoms with E-state index in [9.17, 15) is 9.59 Å². The number of anilines is 7. The number of hydrogen-bond acceptors (Lipinski definition) is 3. The molecule has 8 aromatic carbocycles. The summed E-state index contributed by atoms with van der Waals surface area (Å²) in [6.45, 7) is 3.17. The molecule has 0 N–H and O–H groups in total. The van der Waals surface area contributed by atoms with Crippen LogP contribution in [0.25, 0.3) is 33.4 Å². The summed E-state index contributed by atoms with van der Waals surface area (Å²) in [4.78, 5) is 31.0. The van der Waals surface area contributed by atoms with Gasteiger partial charge in [-0.25, -0.2) is 0 Å². The molecule has 5 heteroatoms. The zero-order chi connectivity index (χ0) is 39.1. The van der Waals surface area contributed by atoms with Crippen molar-refractivity contribution in [1.82, 2.24) is 0 Å². The lowest BCUT2D eigenvalue weighted by molar-refractivity contribution is -0.116. The Morgan fingerprint density at radius 3 is 0.737 bits per heavy atom. The summed E-state index contributed by atoms with van der Waals surface area (Å²) in [7, 11) is 0. The van der Waals surface area contributed by atoms with Crippen molar-refractivity contribution in [2.75, 3.05) is 14.7 Å². The molecule has 0 heterocycles. The number of amides is 2. The average molecular weight is 740 g/mol. The van der Waals surface area contributed by atoms with Gasteiger partial charge in [0.05, 0.1) is 0 Å². The number of benzene rings is 8. The molecule has 0 saturated heterocycles. The molecule has 5 nitrogen and oxygen atoms in total. The fraction of sp³-hybridized carbons (Fsp3) is 0.0385. The van der Waals surface area contributed by atoms with E-state index in [2.05, 4.69) is 126 Å². The van der Waals surface area contributed by atoms with Crippen LogP contribution in [-0.2, 0) is 9.59 Å². The van der Waals surface area contributed by atoms with Crippen LogP contribution < -0.4 is 14.7 Å². The predicted molar refractivity (Wildman–Crippen MR) is 236 cm³/mol. The summed E-state index contributed by atoms with van der Waals surface area (Å²) in [5.74, 6) is -0.0815. The number of carbonyl (C=O) groups is 2. The topological polar surface area (TPSA) is 43.9 Å². The van der Waals surface area contributed by atoms with Gasteiger partial charge >= 0.3 is 0 Å². The first-order chi connectivity index (χ1) is 27.9. The minimum absolute atomic E-state index is 0.0408. The molecule has 0 unspecified atom stereocenters. The van der Waals surface area contributed by atoms with Crippen LogP contribution >= 0.6 is 0 Å². The van der Waals surface area contributed by atoms with E-state index >= 15 is 0 Å². The molecule has 0 aliphatic heterocycles. The van der Waals surface area contributed by atoms with E-state index in [1.807, 2.05) is 91.0 Å².